The van der Waals surface area contributed by atoms with Gasteiger partial charge in [-0.05, 0) is 116 Å². The Hall–Kier alpha value is -0.980. The lowest BCUT2D eigenvalue weighted by Crippen LogP contribution is -2.51. The van der Waals surface area contributed by atoms with Crippen molar-refractivity contribution in [3.05, 3.63) is 23.8 Å². The zero-order valence-corrected chi connectivity index (χ0v) is 32.9. The van der Waals surface area contributed by atoms with Crippen molar-refractivity contribution in [1.82, 2.24) is 0 Å². The van der Waals surface area contributed by atoms with E-state index in [1.54, 1.807) is 5.57 Å². The van der Waals surface area contributed by atoms with Crippen molar-refractivity contribution in [2.75, 3.05) is 40.9 Å². The van der Waals surface area contributed by atoms with Crippen molar-refractivity contribution in [3.8, 4) is 0 Å². The number of unbranched alkanes of at least 4 members (excludes halogenated alkanes) is 2. The second kappa shape index (κ2) is 16.6. The fourth-order valence-electron chi connectivity index (χ4n) is 10.4. The summed E-state index contributed by atoms with van der Waals surface area (Å²) in [5.41, 5.74) is 2.24. The van der Waals surface area contributed by atoms with E-state index in [-0.39, 0.29) is 30.7 Å². The predicted molar refractivity (Wildman–Crippen MR) is 195 cm³/mol. The number of phosphoric ester groups is 1. The predicted octanol–water partition coefficient (Wildman–Crippen LogP) is 9.75. The van der Waals surface area contributed by atoms with Crippen LogP contribution < -0.4 is 0 Å². The molecule has 0 aromatic heterocycles. The first-order valence-corrected chi connectivity index (χ1v) is 21.0. The Labute approximate surface area is 293 Å². The number of quaternary nitrogens is 1. The van der Waals surface area contributed by atoms with Gasteiger partial charge in [-0.2, -0.15) is 0 Å². The lowest BCUT2D eigenvalue weighted by molar-refractivity contribution is -0.870. The molecule has 4 aliphatic rings. The summed E-state index contributed by atoms with van der Waals surface area (Å²) in [6.45, 7) is 15.6. The van der Waals surface area contributed by atoms with Crippen LogP contribution in [-0.4, -0.2) is 62.4 Å². The second-order valence-electron chi connectivity index (χ2n) is 17.9. The van der Waals surface area contributed by atoms with Gasteiger partial charge in [0, 0.05) is 12.8 Å². The Morgan fingerprint density at radius 3 is 2.42 bits per heavy atom. The van der Waals surface area contributed by atoms with Crippen LogP contribution in [0.15, 0.2) is 23.8 Å². The molecule has 0 spiro atoms. The van der Waals surface area contributed by atoms with Gasteiger partial charge < -0.3 is 14.1 Å². The van der Waals surface area contributed by atoms with Crippen molar-refractivity contribution < 1.29 is 32.5 Å². The number of likely N-dealkylation sites (N-methyl/N-ethyl adjacent to an activating group) is 1. The topological polar surface area (TPSA) is 82.1 Å². The monoisotopic (exact) mass is 693 g/mol. The maximum Gasteiger partial charge on any atom is 0.472 e. The van der Waals surface area contributed by atoms with E-state index in [0.29, 0.717) is 53.5 Å². The molecule has 0 heterocycles. The quantitative estimate of drug-likeness (QED) is 0.0538. The Morgan fingerprint density at radius 2 is 1.73 bits per heavy atom. The third kappa shape index (κ3) is 9.87. The number of carbonyl (C=O) groups is 1. The summed E-state index contributed by atoms with van der Waals surface area (Å²) in [5.74, 6) is 5.07. The minimum Gasteiger partial charge on any atom is -0.462 e. The number of hydrogen-bond donors (Lipinski definition) is 1. The molecule has 7 nitrogen and oxygen atoms in total. The average Bonchev–Trinajstić information content (AvgIpc) is 3.35. The standard InChI is InChI=1S/C40H70NO6P/c1-10-31(29(2)3)16-15-30(4)35-19-20-36-34-18-17-32-28-33(21-23-39(32,5)37(34)22-24-40(35,36)6)47-38(42)14-12-11-13-26-45-48(43,44)46-27-25-41(7,8)9/h15-17,29-31,33-37H,10-14,18-28H2,1-9H3/p+1/b16-15+/t30-,31-,33?,34+,35-,36+,37+,39+,40-/m1/s1. The summed E-state index contributed by atoms with van der Waals surface area (Å²) >= 11 is 0. The molecule has 10 atom stereocenters. The third-order valence-corrected chi connectivity index (χ3v) is 14.4. The van der Waals surface area contributed by atoms with E-state index in [1.807, 2.05) is 21.1 Å². The van der Waals surface area contributed by atoms with Crippen molar-refractivity contribution >= 4 is 13.8 Å². The SMILES string of the molecule is CC[C@H](/C=C/[C@@H](C)[C@H]1CC[C@H]2[C@@H]3CC=C4CC(OC(=O)CCCCCOP(=O)(O)OCC[N+](C)(C)C)CC[C@]4(C)[C@H]3CC[C@]12C)C(C)C. The smallest absolute Gasteiger partial charge is 0.462 e. The van der Waals surface area contributed by atoms with E-state index < -0.39 is 7.82 Å². The number of nitrogens with zero attached hydrogens (tertiary/aromatic N) is 1. The van der Waals surface area contributed by atoms with E-state index in [9.17, 15) is 14.3 Å². The van der Waals surface area contributed by atoms with Gasteiger partial charge in [0.05, 0.1) is 27.7 Å². The van der Waals surface area contributed by atoms with E-state index in [0.717, 1.165) is 49.4 Å². The van der Waals surface area contributed by atoms with Gasteiger partial charge in [0.25, 0.3) is 0 Å². The normalized spacial score (nSPS) is 34.6. The molecule has 4 rings (SSSR count). The van der Waals surface area contributed by atoms with Crippen LogP contribution in [0.25, 0.3) is 0 Å². The van der Waals surface area contributed by atoms with Gasteiger partial charge >= 0.3 is 13.8 Å². The summed E-state index contributed by atoms with van der Waals surface area (Å²) in [6, 6.07) is 0. The molecular formula is C40H71NO6P+. The molecule has 3 saturated carbocycles. The van der Waals surface area contributed by atoms with E-state index in [2.05, 4.69) is 59.8 Å². The molecule has 2 unspecified atom stereocenters. The van der Waals surface area contributed by atoms with Gasteiger partial charge in [-0.3, -0.25) is 13.8 Å². The molecule has 276 valence electrons. The molecule has 1 N–H and O–H groups in total. The number of carbonyl (C=O) groups excluding carboxylic acids is 1. The van der Waals surface area contributed by atoms with Crippen molar-refractivity contribution in [1.29, 1.82) is 0 Å². The molecule has 0 bridgehead atoms. The lowest BCUT2D eigenvalue weighted by Gasteiger charge is -2.58. The molecule has 0 amide bonds. The second-order valence-corrected chi connectivity index (χ2v) is 19.3. The van der Waals surface area contributed by atoms with Crippen LogP contribution in [0, 0.1) is 52.3 Å². The van der Waals surface area contributed by atoms with Crippen LogP contribution in [0.4, 0.5) is 0 Å². The summed E-state index contributed by atoms with van der Waals surface area (Å²) in [7, 11) is 1.95. The fraction of sp³-hybridized carbons (Fsp3) is 0.875. The molecule has 0 radical (unpaired) electrons. The minimum absolute atomic E-state index is 0.0176. The number of phosphoric acid groups is 1. The summed E-state index contributed by atoms with van der Waals surface area (Å²) < 4.78 is 28.9. The molecule has 48 heavy (non-hydrogen) atoms. The maximum absolute atomic E-state index is 12.8. The zero-order valence-electron chi connectivity index (χ0n) is 32.0. The number of hydrogen-bond acceptors (Lipinski definition) is 5. The highest BCUT2D eigenvalue weighted by atomic mass is 31.2. The van der Waals surface area contributed by atoms with Crippen LogP contribution in [0.2, 0.25) is 0 Å². The maximum atomic E-state index is 12.8. The van der Waals surface area contributed by atoms with Crippen LogP contribution in [0.5, 0.6) is 0 Å². The Kier molecular flexibility index (Phi) is 13.7. The van der Waals surface area contributed by atoms with Gasteiger partial charge in [-0.25, -0.2) is 4.57 Å². The van der Waals surface area contributed by atoms with E-state index in [1.165, 1.54) is 38.5 Å². The van der Waals surface area contributed by atoms with Gasteiger partial charge in [-0.15, -0.1) is 0 Å². The fourth-order valence-corrected chi connectivity index (χ4v) is 11.1. The van der Waals surface area contributed by atoms with Crippen LogP contribution in [0.1, 0.15) is 125 Å². The molecule has 4 aliphatic carbocycles. The zero-order chi connectivity index (χ0) is 35.3. The highest BCUT2D eigenvalue weighted by molar-refractivity contribution is 7.47. The first kappa shape index (κ1) is 39.8. The van der Waals surface area contributed by atoms with Crippen molar-refractivity contribution in [2.45, 2.75) is 131 Å². The van der Waals surface area contributed by atoms with E-state index in [4.69, 9.17) is 13.8 Å². The number of ether oxygens (including phenoxy) is 1. The minimum atomic E-state index is -4.03. The molecule has 0 aliphatic heterocycles. The first-order chi connectivity index (χ1) is 22.5. The van der Waals surface area contributed by atoms with Crippen LogP contribution >= 0.6 is 7.82 Å². The van der Waals surface area contributed by atoms with Gasteiger partial charge in [0.2, 0.25) is 0 Å². The van der Waals surface area contributed by atoms with Gasteiger partial charge in [0.15, 0.2) is 0 Å². The number of allylic oxidation sites excluding steroid dienone is 3. The molecule has 0 saturated heterocycles. The highest BCUT2D eigenvalue weighted by Crippen LogP contribution is 2.67. The highest BCUT2D eigenvalue weighted by Gasteiger charge is 2.59. The van der Waals surface area contributed by atoms with Crippen molar-refractivity contribution in [3.63, 3.8) is 0 Å². The molecule has 3 fully saturated rings. The lowest BCUT2D eigenvalue weighted by atomic mass is 9.47. The number of fused-ring (bicyclic) bond motifs is 5. The van der Waals surface area contributed by atoms with Crippen molar-refractivity contribution in [2.24, 2.45) is 52.3 Å². The largest absolute Gasteiger partial charge is 0.472 e. The van der Waals surface area contributed by atoms with Crippen LogP contribution in [-0.2, 0) is 23.1 Å². The number of esters is 1. The molecule has 0 aromatic carbocycles. The summed E-state index contributed by atoms with van der Waals surface area (Å²) in [6.07, 6.45) is 20.9. The number of rotatable bonds is 17. The third-order valence-electron chi connectivity index (χ3n) is 13.4. The summed E-state index contributed by atoms with van der Waals surface area (Å²) in [4.78, 5) is 22.6. The molecular weight excluding hydrogens is 621 g/mol. The summed E-state index contributed by atoms with van der Waals surface area (Å²) in [5, 5.41) is 0. The molecule has 8 heteroatoms. The Balaban J connectivity index is 1.22. The average molecular weight is 693 g/mol. The first-order valence-electron chi connectivity index (χ1n) is 19.5. The van der Waals surface area contributed by atoms with Gasteiger partial charge in [0.1, 0.15) is 19.3 Å². The Bertz CT molecular complexity index is 1180. The van der Waals surface area contributed by atoms with Crippen LogP contribution in [0.3, 0.4) is 0 Å². The molecule has 0 aromatic rings. The van der Waals surface area contributed by atoms with Gasteiger partial charge in [-0.1, -0.05) is 71.8 Å². The van der Waals surface area contributed by atoms with E-state index >= 15 is 0 Å². The Morgan fingerprint density at radius 1 is 1.00 bits per heavy atom.